The monoisotopic (exact) mass is 365 g/mol. The van der Waals surface area contributed by atoms with Crippen LogP contribution in [-0.2, 0) is 0 Å². The highest BCUT2D eigenvalue weighted by molar-refractivity contribution is 5.89. The minimum Gasteiger partial charge on any atom is -0.477 e. The van der Waals surface area contributed by atoms with Crippen LogP contribution in [0.4, 0.5) is 8.78 Å². The van der Waals surface area contributed by atoms with E-state index in [4.69, 9.17) is 5.11 Å². The Bertz CT molecular complexity index is 1180. The van der Waals surface area contributed by atoms with Crippen molar-refractivity contribution in [1.82, 2.24) is 15.0 Å². The molecule has 3 heterocycles. The summed E-state index contributed by atoms with van der Waals surface area (Å²) in [6, 6.07) is 8.62. The molecule has 0 saturated heterocycles. The van der Waals surface area contributed by atoms with E-state index in [2.05, 4.69) is 15.0 Å². The lowest BCUT2D eigenvalue weighted by Crippen LogP contribution is -2.01. The number of carboxylic acid groups (broad SMARTS) is 1. The molecule has 2 N–H and O–H groups in total. The van der Waals surface area contributed by atoms with Gasteiger partial charge in [-0.1, -0.05) is 6.07 Å². The molecule has 0 aliphatic carbocycles. The summed E-state index contributed by atoms with van der Waals surface area (Å²) in [4.78, 5) is 22.2. The largest absolute Gasteiger partial charge is 0.477 e. The van der Waals surface area contributed by atoms with Crippen molar-refractivity contribution >= 4 is 17.0 Å². The van der Waals surface area contributed by atoms with Gasteiger partial charge in [0.05, 0.1) is 11.3 Å². The molecule has 0 aliphatic heterocycles. The van der Waals surface area contributed by atoms with Gasteiger partial charge in [-0.15, -0.1) is 0 Å². The van der Waals surface area contributed by atoms with E-state index in [9.17, 15) is 13.6 Å². The van der Waals surface area contributed by atoms with Gasteiger partial charge in [-0.25, -0.2) is 23.5 Å². The van der Waals surface area contributed by atoms with Crippen LogP contribution < -0.4 is 0 Å². The minimum atomic E-state index is -1.10. The lowest BCUT2D eigenvalue weighted by atomic mass is 10.0. The van der Waals surface area contributed by atoms with Crippen LogP contribution in [0.15, 0.2) is 48.8 Å². The maximum absolute atomic E-state index is 14.0. The number of nitrogens with one attached hydrogen (secondary N) is 1. The van der Waals surface area contributed by atoms with E-state index < -0.39 is 17.6 Å². The number of H-pyrrole nitrogens is 1. The molecule has 7 heteroatoms. The van der Waals surface area contributed by atoms with Gasteiger partial charge >= 0.3 is 5.97 Å². The van der Waals surface area contributed by atoms with Crippen molar-refractivity contribution in [3.05, 3.63) is 71.7 Å². The van der Waals surface area contributed by atoms with Gasteiger partial charge < -0.3 is 10.1 Å². The summed E-state index contributed by atoms with van der Waals surface area (Å²) in [5, 5.41) is 9.70. The third-order valence-corrected chi connectivity index (χ3v) is 4.34. The molecule has 0 saturated carbocycles. The zero-order chi connectivity index (χ0) is 19.1. The van der Waals surface area contributed by atoms with Crippen LogP contribution in [0.1, 0.15) is 16.1 Å². The van der Waals surface area contributed by atoms with Crippen molar-refractivity contribution in [2.24, 2.45) is 0 Å². The topological polar surface area (TPSA) is 78.9 Å². The molecule has 5 nitrogen and oxygen atoms in total. The second-order valence-electron chi connectivity index (χ2n) is 6.13. The van der Waals surface area contributed by atoms with Crippen LogP contribution in [-0.4, -0.2) is 26.0 Å². The number of fused-ring (bicyclic) bond motifs is 1. The number of halogens is 2. The zero-order valence-corrected chi connectivity index (χ0v) is 14.1. The van der Waals surface area contributed by atoms with E-state index in [0.29, 0.717) is 16.7 Å². The zero-order valence-electron chi connectivity index (χ0n) is 14.1. The Morgan fingerprint density at radius 3 is 2.48 bits per heavy atom. The Morgan fingerprint density at radius 1 is 1.07 bits per heavy atom. The van der Waals surface area contributed by atoms with E-state index in [-0.39, 0.29) is 11.3 Å². The molecule has 0 aliphatic rings. The number of hydrogen-bond donors (Lipinski definition) is 2. The molecule has 0 unspecified atom stereocenters. The maximum atomic E-state index is 14.0. The normalized spacial score (nSPS) is 11.1. The van der Waals surface area contributed by atoms with Crippen LogP contribution in [0.2, 0.25) is 0 Å². The van der Waals surface area contributed by atoms with Crippen molar-refractivity contribution in [1.29, 1.82) is 0 Å². The van der Waals surface area contributed by atoms with E-state index in [1.165, 1.54) is 30.5 Å². The molecule has 4 rings (SSSR count). The first kappa shape index (κ1) is 16.8. The Kier molecular flexibility index (Phi) is 3.92. The van der Waals surface area contributed by atoms with Crippen molar-refractivity contribution < 1.29 is 18.7 Å². The third-order valence-electron chi connectivity index (χ3n) is 4.34. The first-order valence-electron chi connectivity index (χ1n) is 8.07. The predicted molar refractivity (Wildman–Crippen MR) is 96.4 cm³/mol. The molecule has 0 fully saturated rings. The van der Waals surface area contributed by atoms with Crippen LogP contribution in [0.3, 0.4) is 0 Å². The molecule has 134 valence electrons. The van der Waals surface area contributed by atoms with Gasteiger partial charge in [-0.05, 0) is 42.8 Å². The van der Waals surface area contributed by atoms with Gasteiger partial charge in [0.25, 0.3) is 0 Å². The maximum Gasteiger partial charge on any atom is 0.354 e. The van der Waals surface area contributed by atoms with E-state index in [0.717, 1.165) is 16.7 Å². The number of carbonyl (C=O) groups is 1. The molecular formula is C20H13F2N3O2. The van der Waals surface area contributed by atoms with Crippen LogP contribution in [0.25, 0.3) is 33.4 Å². The molecule has 0 spiro atoms. The van der Waals surface area contributed by atoms with Crippen LogP contribution in [0, 0.1) is 18.6 Å². The average molecular weight is 365 g/mol. The first-order chi connectivity index (χ1) is 12.9. The smallest absolute Gasteiger partial charge is 0.354 e. The molecule has 0 bridgehead atoms. The van der Waals surface area contributed by atoms with Gasteiger partial charge in [-0.3, -0.25) is 0 Å². The van der Waals surface area contributed by atoms with E-state index >= 15 is 0 Å². The number of benzene rings is 1. The number of aromatic carboxylic acids is 1. The summed E-state index contributed by atoms with van der Waals surface area (Å²) in [6.45, 7) is 1.78. The summed E-state index contributed by atoms with van der Waals surface area (Å²) >= 11 is 0. The lowest BCUT2D eigenvalue weighted by Gasteiger charge is -2.06. The molecule has 0 radical (unpaired) electrons. The van der Waals surface area contributed by atoms with Gasteiger partial charge in [0.1, 0.15) is 23.0 Å². The Morgan fingerprint density at radius 2 is 1.81 bits per heavy atom. The highest BCUT2D eigenvalue weighted by Gasteiger charge is 2.15. The summed E-state index contributed by atoms with van der Waals surface area (Å²) in [7, 11) is 0. The van der Waals surface area contributed by atoms with Gasteiger partial charge in [0, 0.05) is 28.9 Å². The van der Waals surface area contributed by atoms with Crippen molar-refractivity contribution in [2.75, 3.05) is 0 Å². The summed E-state index contributed by atoms with van der Waals surface area (Å²) in [5.41, 5.74) is 2.80. The molecule has 0 atom stereocenters. The third kappa shape index (κ3) is 2.93. The Balaban J connectivity index is 1.81. The van der Waals surface area contributed by atoms with Crippen LogP contribution >= 0.6 is 0 Å². The molecule has 0 amide bonds. The lowest BCUT2D eigenvalue weighted by molar-refractivity contribution is 0.0690. The summed E-state index contributed by atoms with van der Waals surface area (Å²) in [5.74, 6) is -2.42. The van der Waals surface area contributed by atoms with Gasteiger partial charge in [0.15, 0.2) is 0 Å². The average Bonchev–Trinajstić information content (AvgIpc) is 3.04. The number of pyridine rings is 2. The summed E-state index contributed by atoms with van der Waals surface area (Å²) in [6.07, 6.45) is 3.08. The minimum absolute atomic E-state index is 0.0377. The van der Waals surface area contributed by atoms with Crippen LogP contribution in [0.5, 0.6) is 0 Å². The molecule has 27 heavy (non-hydrogen) atoms. The van der Waals surface area contributed by atoms with Gasteiger partial charge in [0.2, 0.25) is 0 Å². The second kappa shape index (κ2) is 6.28. The number of nitrogens with zero attached hydrogens (tertiary/aromatic N) is 2. The quantitative estimate of drug-likeness (QED) is 0.557. The second-order valence-corrected chi connectivity index (χ2v) is 6.13. The fraction of sp³-hybridized carbons (Fsp3) is 0.0500. The standard InChI is InChI=1S/C20H13F2N3O2/c1-10-5-17(20(26)27)23-9-13(10)12-6-11-7-16(25-19(11)24-8-12)18-14(21)3-2-4-15(18)22/h2-9H,1H3,(H,24,25)(H,26,27). The Hall–Kier alpha value is -3.61. The Labute approximate surface area is 152 Å². The number of carboxylic acids is 1. The number of hydrogen-bond acceptors (Lipinski definition) is 3. The van der Waals surface area contributed by atoms with E-state index in [1.54, 1.807) is 19.2 Å². The van der Waals surface area contributed by atoms with E-state index in [1.807, 2.05) is 6.07 Å². The first-order valence-corrected chi connectivity index (χ1v) is 8.07. The fourth-order valence-corrected chi connectivity index (χ4v) is 3.03. The predicted octanol–water partition coefficient (Wildman–Crippen LogP) is 4.58. The van der Waals surface area contributed by atoms with Crippen molar-refractivity contribution in [3.8, 4) is 22.4 Å². The molecule has 4 aromatic rings. The highest BCUT2D eigenvalue weighted by atomic mass is 19.1. The molecule has 1 aromatic carbocycles. The molecular weight excluding hydrogens is 352 g/mol. The van der Waals surface area contributed by atoms with Gasteiger partial charge in [-0.2, -0.15) is 0 Å². The highest BCUT2D eigenvalue weighted by Crippen LogP contribution is 2.30. The number of aryl methyl sites for hydroxylation is 1. The van der Waals surface area contributed by atoms with Crippen molar-refractivity contribution in [2.45, 2.75) is 6.92 Å². The SMILES string of the molecule is Cc1cc(C(=O)O)ncc1-c1cnc2[nH]c(-c3c(F)cccc3F)cc2c1. The van der Waals surface area contributed by atoms with Crippen molar-refractivity contribution in [3.63, 3.8) is 0 Å². The number of rotatable bonds is 3. The number of aromatic nitrogens is 3. The number of aromatic amines is 1. The summed E-state index contributed by atoms with van der Waals surface area (Å²) < 4.78 is 28.1. The molecule has 3 aromatic heterocycles. The fourth-order valence-electron chi connectivity index (χ4n) is 3.03.